The van der Waals surface area contributed by atoms with Crippen molar-refractivity contribution in [2.45, 2.75) is 19.4 Å². The number of anilines is 1. The molecule has 3 rings (SSSR count). The maximum atomic E-state index is 5.23. The Labute approximate surface area is 131 Å². The van der Waals surface area contributed by atoms with Crippen LogP contribution in [-0.4, -0.2) is 60.8 Å². The zero-order valence-corrected chi connectivity index (χ0v) is 13.4. The van der Waals surface area contributed by atoms with Crippen LogP contribution in [0.4, 0.5) is 5.82 Å². The molecule has 1 aromatic carbocycles. The second kappa shape index (κ2) is 7.03. The molecule has 1 saturated heterocycles. The predicted octanol–water partition coefficient (Wildman–Crippen LogP) is 2.18. The minimum atomic E-state index is 0.553. The lowest BCUT2D eigenvalue weighted by Gasteiger charge is -2.41. The van der Waals surface area contributed by atoms with Gasteiger partial charge in [-0.15, -0.1) is 0 Å². The summed E-state index contributed by atoms with van der Waals surface area (Å²) < 4.78 is 5.23. The number of hydrogen-bond donors (Lipinski definition) is 0. The minimum absolute atomic E-state index is 0.553. The van der Waals surface area contributed by atoms with Crippen molar-refractivity contribution in [2.24, 2.45) is 0 Å². The van der Waals surface area contributed by atoms with Gasteiger partial charge in [0.2, 0.25) is 0 Å². The van der Waals surface area contributed by atoms with Gasteiger partial charge in [-0.25, -0.2) is 9.97 Å². The Bertz CT molecular complexity index is 613. The molecule has 2 heterocycles. The van der Waals surface area contributed by atoms with Crippen LogP contribution in [0.25, 0.3) is 10.9 Å². The summed E-state index contributed by atoms with van der Waals surface area (Å²) in [5, 5.41) is 1.14. The van der Waals surface area contributed by atoms with Gasteiger partial charge in [0.1, 0.15) is 12.1 Å². The second-order valence-electron chi connectivity index (χ2n) is 5.75. The van der Waals surface area contributed by atoms with E-state index >= 15 is 0 Å². The van der Waals surface area contributed by atoms with Crippen molar-refractivity contribution < 1.29 is 4.74 Å². The first-order chi connectivity index (χ1) is 10.8. The molecular formula is C17H24N4O. The van der Waals surface area contributed by atoms with Gasteiger partial charge >= 0.3 is 0 Å². The SMILES string of the molecule is CC[C@H]1CN(c2ncnc3ccccc23)CCN1CCOC. The maximum absolute atomic E-state index is 5.23. The summed E-state index contributed by atoms with van der Waals surface area (Å²) in [5.74, 6) is 1.07. The first-order valence-electron chi connectivity index (χ1n) is 8.01. The van der Waals surface area contributed by atoms with Gasteiger partial charge in [-0.1, -0.05) is 19.1 Å². The van der Waals surface area contributed by atoms with Gasteiger partial charge in [0.05, 0.1) is 12.1 Å². The molecule has 2 aromatic rings. The van der Waals surface area contributed by atoms with Crippen LogP contribution in [0.3, 0.4) is 0 Å². The Balaban J connectivity index is 1.81. The highest BCUT2D eigenvalue weighted by molar-refractivity contribution is 5.89. The lowest BCUT2D eigenvalue weighted by molar-refractivity contribution is 0.109. The number of hydrogen-bond acceptors (Lipinski definition) is 5. The largest absolute Gasteiger partial charge is 0.383 e. The lowest BCUT2D eigenvalue weighted by atomic mass is 10.1. The van der Waals surface area contributed by atoms with Gasteiger partial charge in [0, 0.05) is 44.7 Å². The van der Waals surface area contributed by atoms with E-state index in [-0.39, 0.29) is 0 Å². The number of ether oxygens (including phenoxy) is 1. The number of nitrogens with zero attached hydrogens (tertiary/aromatic N) is 4. The topological polar surface area (TPSA) is 41.5 Å². The number of para-hydroxylation sites is 1. The summed E-state index contributed by atoms with van der Waals surface area (Å²) in [6.07, 6.45) is 2.82. The van der Waals surface area contributed by atoms with Gasteiger partial charge in [-0.2, -0.15) is 0 Å². The van der Waals surface area contributed by atoms with E-state index in [1.807, 2.05) is 12.1 Å². The van der Waals surface area contributed by atoms with Gasteiger partial charge in [0.25, 0.3) is 0 Å². The van der Waals surface area contributed by atoms with E-state index in [0.717, 1.165) is 55.9 Å². The standard InChI is InChI=1S/C17H24N4O/c1-3-14-12-21(9-8-20(14)10-11-22-2)17-15-6-4-5-7-16(15)18-13-19-17/h4-7,13-14H,3,8-12H2,1-2H3/t14-/m0/s1. The number of benzene rings is 1. The maximum Gasteiger partial charge on any atom is 0.139 e. The molecule has 5 heteroatoms. The third-order valence-electron chi connectivity index (χ3n) is 4.48. The fourth-order valence-corrected chi connectivity index (χ4v) is 3.22. The highest BCUT2D eigenvalue weighted by Crippen LogP contribution is 2.25. The highest BCUT2D eigenvalue weighted by atomic mass is 16.5. The Morgan fingerprint density at radius 1 is 1.23 bits per heavy atom. The lowest BCUT2D eigenvalue weighted by Crippen LogP contribution is -2.54. The van der Waals surface area contributed by atoms with Crippen LogP contribution in [0, 0.1) is 0 Å². The fourth-order valence-electron chi connectivity index (χ4n) is 3.22. The Hall–Kier alpha value is -1.72. The molecule has 0 unspecified atom stereocenters. The monoisotopic (exact) mass is 300 g/mol. The van der Waals surface area contributed by atoms with E-state index in [1.54, 1.807) is 13.4 Å². The summed E-state index contributed by atoms with van der Waals surface area (Å²) in [6.45, 7) is 7.13. The smallest absolute Gasteiger partial charge is 0.139 e. The molecule has 1 aliphatic rings. The number of methoxy groups -OCH3 is 1. The van der Waals surface area contributed by atoms with E-state index in [9.17, 15) is 0 Å². The molecule has 1 fully saturated rings. The van der Waals surface area contributed by atoms with Gasteiger partial charge < -0.3 is 9.64 Å². The molecule has 22 heavy (non-hydrogen) atoms. The van der Waals surface area contributed by atoms with E-state index in [0.29, 0.717) is 6.04 Å². The van der Waals surface area contributed by atoms with Crippen molar-refractivity contribution in [3.63, 3.8) is 0 Å². The van der Waals surface area contributed by atoms with Crippen molar-refractivity contribution >= 4 is 16.7 Å². The molecule has 0 aliphatic carbocycles. The van der Waals surface area contributed by atoms with Crippen LogP contribution in [0.1, 0.15) is 13.3 Å². The number of aromatic nitrogens is 2. The van der Waals surface area contributed by atoms with Crippen LogP contribution in [-0.2, 0) is 4.74 Å². The molecule has 0 amide bonds. The molecule has 0 spiro atoms. The van der Waals surface area contributed by atoms with Crippen LogP contribution in [0.2, 0.25) is 0 Å². The predicted molar refractivity (Wildman–Crippen MR) is 89.3 cm³/mol. The molecule has 5 nitrogen and oxygen atoms in total. The van der Waals surface area contributed by atoms with Crippen molar-refractivity contribution in [1.29, 1.82) is 0 Å². The quantitative estimate of drug-likeness (QED) is 0.846. The zero-order valence-electron chi connectivity index (χ0n) is 13.4. The van der Waals surface area contributed by atoms with Gasteiger partial charge in [-0.3, -0.25) is 4.90 Å². The number of rotatable bonds is 5. The van der Waals surface area contributed by atoms with Crippen LogP contribution in [0.15, 0.2) is 30.6 Å². The minimum Gasteiger partial charge on any atom is -0.383 e. The van der Waals surface area contributed by atoms with Gasteiger partial charge in [0.15, 0.2) is 0 Å². The first-order valence-corrected chi connectivity index (χ1v) is 8.01. The molecule has 1 atom stereocenters. The molecule has 0 radical (unpaired) electrons. The molecule has 0 bridgehead atoms. The van der Waals surface area contributed by atoms with Crippen molar-refractivity contribution in [2.75, 3.05) is 44.8 Å². The molecular weight excluding hydrogens is 276 g/mol. The average molecular weight is 300 g/mol. The molecule has 0 N–H and O–H groups in total. The van der Waals surface area contributed by atoms with Crippen LogP contribution in [0.5, 0.6) is 0 Å². The Morgan fingerprint density at radius 3 is 2.91 bits per heavy atom. The summed E-state index contributed by atoms with van der Waals surface area (Å²) in [4.78, 5) is 13.9. The highest BCUT2D eigenvalue weighted by Gasteiger charge is 2.26. The Morgan fingerprint density at radius 2 is 2.09 bits per heavy atom. The van der Waals surface area contributed by atoms with Gasteiger partial charge in [-0.05, 0) is 18.6 Å². The first kappa shape index (κ1) is 15.2. The molecule has 1 aromatic heterocycles. The van der Waals surface area contributed by atoms with Crippen LogP contribution >= 0.6 is 0 Å². The van der Waals surface area contributed by atoms with Crippen molar-refractivity contribution in [3.05, 3.63) is 30.6 Å². The summed E-state index contributed by atoms with van der Waals surface area (Å²) in [5.41, 5.74) is 1.02. The summed E-state index contributed by atoms with van der Waals surface area (Å²) in [6, 6.07) is 8.80. The van der Waals surface area contributed by atoms with E-state index in [2.05, 4.69) is 38.8 Å². The Kier molecular flexibility index (Phi) is 4.85. The van der Waals surface area contributed by atoms with Crippen molar-refractivity contribution in [3.8, 4) is 0 Å². The molecule has 0 saturated carbocycles. The normalized spacial score (nSPS) is 19.7. The fraction of sp³-hybridized carbons (Fsp3) is 0.529. The van der Waals surface area contributed by atoms with Crippen molar-refractivity contribution in [1.82, 2.24) is 14.9 Å². The zero-order chi connectivity index (χ0) is 15.4. The third kappa shape index (κ3) is 3.05. The second-order valence-corrected chi connectivity index (χ2v) is 5.75. The number of fused-ring (bicyclic) bond motifs is 1. The summed E-state index contributed by atoms with van der Waals surface area (Å²) in [7, 11) is 1.77. The number of piperazine rings is 1. The van der Waals surface area contributed by atoms with E-state index in [4.69, 9.17) is 4.74 Å². The van der Waals surface area contributed by atoms with Crippen LogP contribution < -0.4 is 4.90 Å². The molecule has 118 valence electrons. The van der Waals surface area contributed by atoms with E-state index < -0.39 is 0 Å². The third-order valence-corrected chi connectivity index (χ3v) is 4.48. The van der Waals surface area contributed by atoms with E-state index in [1.165, 1.54) is 0 Å². The molecule has 1 aliphatic heterocycles. The summed E-state index contributed by atoms with van der Waals surface area (Å²) >= 11 is 0. The average Bonchev–Trinajstić information content (AvgIpc) is 2.59.